The van der Waals surface area contributed by atoms with Gasteiger partial charge in [0.1, 0.15) is 18.2 Å². The van der Waals surface area contributed by atoms with Gasteiger partial charge in [0.15, 0.2) is 0 Å². The predicted molar refractivity (Wildman–Crippen MR) is 113 cm³/mol. The van der Waals surface area contributed by atoms with Gasteiger partial charge in [-0.3, -0.25) is 14.5 Å². The first kappa shape index (κ1) is 21.2. The molecule has 2 heterocycles. The fourth-order valence-electron chi connectivity index (χ4n) is 3.84. The van der Waals surface area contributed by atoms with Crippen LogP contribution in [0.1, 0.15) is 11.6 Å². The molecule has 2 N–H and O–H groups in total. The quantitative estimate of drug-likeness (QED) is 0.681. The van der Waals surface area contributed by atoms with Gasteiger partial charge in [-0.1, -0.05) is 18.2 Å². The highest BCUT2D eigenvalue weighted by molar-refractivity contribution is 6.04. The average molecular weight is 438 g/mol. The lowest BCUT2D eigenvalue weighted by atomic mass is 9.95. The molecule has 1 unspecified atom stereocenters. The van der Waals surface area contributed by atoms with Gasteiger partial charge in [-0.2, -0.15) is 0 Å². The van der Waals surface area contributed by atoms with Crippen molar-refractivity contribution in [1.29, 1.82) is 0 Å². The summed E-state index contributed by atoms with van der Waals surface area (Å²) >= 11 is 0. The summed E-state index contributed by atoms with van der Waals surface area (Å²) in [5.74, 6) is -1.83. The van der Waals surface area contributed by atoms with Crippen molar-refractivity contribution < 1.29 is 23.2 Å². The minimum atomic E-state index is -0.841. The highest BCUT2D eigenvalue weighted by Gasteiger charge is 2.44. The molecule has 0 spiro atoms. The normalized spacial score (nSPS) is 17.9. The molecule has 2 aliphatic rings. The van der Waals surface area contributed by atoms with Crippen molar-refractivity contribution in [1.82, 2.24) is 15.1 Å². The number of amides is 4. The Morgan fingerprint density at radius 2 is 1.91 bits per heavy atom. The van der Waals surface area contributed by atoms with E-state index in [1.165, 1.54) is 58.3 Å². The molecule has 164 valence electrons. The van der Waals surface area contributed by atoms with E-state index in [1.54, 1.807) is 6.07 Å². The van der Waals surface area contributed by atoms with E-state index in [9.17, 15) is 23.2 Å². The third-order valence-corrected chi connectivity index (χ3v) is 5.25. The van der Waals surface area contributed by atoms with Crippen LogP contribution in [0.5, 0.6) is 0 Å². The van der Waals surface area contributed by atoms with Crippen LogP contribution in [0.3, 0.4) is 0 Å². The molecule has 0 fully saturated rings. The Hall–Kier alpha value is -4.01. The van der Waals surface area contributed by atoms with E-state index in [4.69, 9.17) is 0 Å². The number of hydrogen-bond donors (Lipinski definition) is 2. The first-order valence-corrected chi connectivity index (χ1v) is 9.89. The molecular weight excluding hydrogens is 418 g/mol. The summed E-state index contributed by atoms with van der Waals surface area (Å²) in [4.78, 5) is 41.1. The van der Waals surface area contributed by atoms with Crippen molar-refractivity contribution in [2.45, 2.75) is 6.04 Å². The largest absolute Gasteiger partial charge is 0.326 e. The smallest absolute Gasteiger partial charge is 0.322 e. The highest BCUT2D eigenvalue weighted by atomic mass is 19.1. The van der Waals surface area contributed by atoms with E-state index in [0.29, 0.717) is 16.9 Å². The van der Waals surface area contributed by atoms with Gasteiger partial charge in [-0.25, -0.2) is 13.6 Å². The van der Waals surface area contributed by atoms with Gasteiger partial charge in [0.05, 0.1) is 23.9 Å². The molecule has 0 saturated heterocycles. The molecule has 2 aliphatic heterocycles. The number of carbonyl (C=O) groups excluding carboxylic acids is 3. The number of benzene rings is 2. The standard InChI is InChI=1S/C23H20F2N4O3/c1-2-10-29-18-12-28(13-19(30)26-17-8-6-15(24)7-9-17)22(31)20(18)21(27-23(29)32)14-4-3-5-16(25)11-14/h2-9,11,21H,1,10,12-13H2,(H,26,30)(H,27,32). The van der Waals surface area contributed by atoms with Crippen LogP contribution in [0.4, 0.5) is 19.3 Å². The monoisotopic (exact) mass is 438 g/mol. The van der Waals surface area contributed by atoms with Gasteiger partial charge >= 0.3 is 6.03 Å². The number of urea groups is 1. The number of rotatable bonds is 6. The van der Waals surface area contributed by atoms with Crippen molar-refractivity contribution in [3.63, 3.8) is 0 Å². The summed E-state index contributed by atoms with van der Waals surface area (Å²) in [5, 5.41) is 5.36. The molecule has 9 heteroatoms. The van der Waals surface area contributed by atoms with Gasteiger partial charge < -0.3 is 15.5 Å². The Morgan fingerprint density at radius 3 is 2.59 bits per heavy atom. The lowest BCUT2D eigenvalue weighted by Gasteiger charge is -2.33. The van der Waals surface area contributed by atoms with E-state index in [-0.39, 0.29) is 25.2 Å². The van der Waals surface area contributed by atoms with Crippen LogP contribution >= 0.6 is 0 Å². The van der Waals surface area contributed by atoms with E-state index in [2.05, 4.69) is 17.2 Å². The van der Waals surface area contributed by atoms with Gasteiger partial charge in [0.2, 0.25) is 5.91 Å². The van der Waals surface area contributed by atoms with Crippen LogP contribution in [0.25, 0.3) is 0 Å². The van der Waals surface area contributed by atoms with Crippen molar-refractivity contribution in [3.8, 4) is 0 Å². The first-order chi connectivity index (χ1) is 15.4. The second-order valence-corrected chi connectivity index (χ2v) is 7.41. The fraction of sp³-hybridized carbons (Fsp3) is 0.174. The van der Waals surface area contributed by atoms with Crippen molar-refractivity contribution in [3.05, 3.63) is 89.7 Å². The number of nitrogens with zero attached hydrogens (tertiary/aromatic N) is 2. The molecule has 2 aromatic carbocycles. The molecule has 0 bridgehead atoms. The molecule has 1 atom stereocenters. The van der Waals surface area contributed by atoms with Crippen LogP contribution in [0.15, 0.2) is 72.5 Å². The van der Waals surface area contributed by atoms with Crippen LogP contribution < -0.4 is 10.6 Å². The molecule has 4 rings (SSSR count). The minimum absolute atomic E-state index is 0.0398. The van der Waals surface area contributed by atoms with Crippen LogP contribution in [-0.4, -0.2) is 47.3 Å². The van der Waals surface area contributed by atoms with Crippen LogP contribution in [0, 0.1) is 11.6 Å². The molecule has 0 aromatic heterocycles. The first-order valence-electron chi connectivity index (χ1n) is 9.89. The molecule has 0 radical (unpaired) electrons. The van der Waals surface area contributed by atoms with E-state index in [1.807, 2.05) is 0 Å². The number of carbonyl (C=O) groups is 3. The van der Waals surface area contributed by atoms with Gasteiger partial charge in [-0.15, -0.1) is 6.58 Å². The van der Waals surface area contributed by atoms with Crippen molar-refractivity contribution in [2.75, 3.05) is 25.0 Å². The Labute approximate surface area is 183 Å². The Morgan fingerprint density at radius 1 is 1.16 bits per heavy atom. The second-order valence-electron chi connectivity index (χ2n) is 7.41. The molecule has 0 aliphatic carbocycles. The highest BCUT2D eigenvalue weighted by Crippen LogP contribution is 2.36. The van der Waals surface area contributed by atoms with Crippen LogP contribution in [0.2, 0.25) is 0 Å². The zero-order valence-corrected chi connectivity index (χ0v) is 17.0. The fourth-order valence-corrected chi connectivity index (χ4v) is 3.84. The second kappa shape index (κ2) is 8.62. The van der Waals surface area contributed by atoms with Crippen LogP contribution in [-0.2, 0) is 9.59 Å². The van der Waals surface area contributed by atoms with E-state index < -0.39 is 35.5 Å². The maximum atomic E-state index is 13.8. The molecule has 0 saturated carbocycles. The Kier molecular flexibility index (Phi) is 5.72. The molecule has 2 aromatic rings. The number of nitrogens with one attached hydrogen (secondary N) is 2. The van der Waals surface area contributed by atoms with Gasteiger partial charge in [0.25, 0.3) is 5.91 Å². The van der Waals surface area contributed by atoms with Crippen molar-refractivity contribution in [2.24, 2.45) is 0 Å². The third-order valence-electron chi connectivity index (χ3n) is 5.25. The SMILES string of the molecule is C=CCN1C(=O)NC(c2cccc(F)c2)C2=C1CN(CC(=O)Nc1ccc(F)cc1)C2=O. The summed E-state index contributed by atoms with van der Waals surface area (Å²) in [7, 11) is 0. The molecule has 32 heavy (non-hydrogen) atoms. The molecule has 4 amide bonds. The topological polar surface area (TPSA) is 81.8 Å². The van der Waals surface area contributed by atoms with Gasteiger partial charge in [0, 0.05) is 12.2 Å². The average Bonchev–Trinajstić information content (AvgIpc) is 3.07. The third kappa shape index (κ3) is 4.09. The summed E-state index contributed by atoms with van der Waals surface area (Å²) < 4.78 is 26.9. The number of anilines is 1. The summed E-state index contributed by atoms with van der Waals surface area (Å²) in [6, 6.07) is 9.63. The Bertz CT molecular complexity index is 1130. The minimum Gasteiger partial charge on any atom is -0.326 e. The number of hydrogen-bond acceptors (Lipinski definition) is 3. The lowest BCUT2D eigenvalue weighted by molar-refractivity contribution is -0.130. The zero-order chi connectivity index (χ0) is 22.8. The maximum absolute atomic E-state index is 13.8. The predicted octanol–water partition coefficient (Wildman–Crippen LogP) is 2.95. The number of halogens is 2. The molecule has 7 nitrogen and oxygen atoms in total. The summed E-state index contributed by atoms with van der Waals surface area (Å²) in [6.07, 6.45) is 1.53. The lowest BCUT2D eigenvalue weighted by Crippen LogP contribution is -2.47. The van der Waals surface area contributed by atoms with E-state index >= 15 is 0 Å². The van der Waals surface area contributed by atoms with E-state index in [0.717, 1.165) is 0 Å². The van der Waals surface area contributed by atoms with Gasteiger partial charge in [-0.05, 0) is 42.0 Å². The summed E-state index contributed by atoms with van der Waals surface area (Å²) in [6.45, 7) is 3.59. The van der Waals surface area contributed by atoms with Crippen molar-refractivity contribution >= 4 is 23.5 Å². The summed E-state index contributed by atoms with van der Waals surface area (Å²) in [5.41, 5.74) is 1.55. The Balaban J connectivity index is 1.59. The maximum Gasteiger partial charge on any atom is 0.322 e. The molecular formula is C23H20F2N4O3. The zero-order valence-electron chi connectivity index (χ0n) is 17.0.